The third-order valence-corrected chi connectivity index (χ3v) is 16.6. The second kappa shape index (κ2) is 21.7. The van der Waals surface area contributed by atoms with Gasteiger partial charge in [-0.2, -0.15) is 5.10 Å². The molecular formula is C60H67N9O7S. The molecule has 3 fully saturated rings. The summed E-state index contributed by atoms with van der Waals surface area (Å²) >= 11 is 1.45. The van der Waals surface area contributed by atoms with Crippen LogP contribution in [0.5, 0.6) is 5.75 Å². The Labute approximate surface area is 453 Å². The predicted octanol–water partition coefficient (Wildman–Crippen LogP) is 9.76. The molecule has 0 radical (unpaired) electrons. The molecule has 4 aliphatic rings. The van der Waals surface area contributed by atoms with Crippen molar-refractivity contribution in [3.8, 4) is 16.9 Å². The topological polar surface area (TPSA) is 173 Å². The van der Waals surface area contributed by atoms with Crippen molar-refractivity contribution in [3.63, 3.8) is 0 Å². The molecule has 0 spiro atoms. The molecule has 3 amide bonds. The number of aromatic nitrogens is 4. The third kappa shape index (κ3) is 11.2. The van der Waals surface area contributed by atoms with Gasteiger partial charge in [-0.1, -0.05) is 47.7 Å². The van der Waals surface area contributed by atoms with Gasteiger partial charge in [-0.15, -0.1) is 0 Å². The molecule has 2 saturated heterocycles. The number of nitrogens with one attached hydrogen (secondary N) is 2. The number of pyridine rings is 1. The van der Waals surface area contributed by atoms with Crippen LogP contribution in [0.15, 0.2) is 91.0 Å². The summed E-state index contributed by atoms with van der Waals surface area (Å²) < 4.78 is 22.2. The van der Waals surface area contributed by atoms with Gasteiger partial charge in [0.25, 0.3) is 5.91 Å². The highest BCUT2D eigenvalue weighted by atomic mass is 32.1. The number of carbonyl (C=O) groups is 4. The Kier molecular flexibility index (Phi) is 14.6. The Morgan fingerprint density at radius 2 is 1.61 bits per heavy atom. The van der Waals surface area contributed by atoms with Crippen molar-refractivity contribution in [3.05, 3.63) is 125 Å². The fraction of sp³-hybridized carbons (Fsp3) is 0.417. The van der Waals surface area contributed by atoms with E-state index in [1.165, 1.54) is 11.3 Å². The van der Waals surface area contributed by atoms with Crippen LogP contribution in [0.1, 0.15) is 115 Å². The number of hydrogen-bond donors (Lipinski definition) is 2. The number of para-hydroxylation sites is 1. The number of esters is 1. The molecule has 11 rings (SSSR count). The number of piperidine rings is 1. The summed E-state index contributed by atoms with van der Waals surface area (Å²) in [7, 11) is 1.91. The lowest BCUT2D eigenvalue weighted by molar-refractivity contribution is -0.134. The van der Waals surface area contributed by atoms with E-state index < -0.39 is 17.5 Å². The number of aryl methyl sites for hydroxylation is 1. The van der Waals surface area contributed by atoms with Gasteiger partial charge in [0, 0.05) is 81.0 Å². The van der Waals surface area contributed by atoms with Crippen LogP contribution >= 0.6 is 11.3 Å². The number of ether oxygens (including phenoxy) is 3. The van der Waals surface area contributed by atoms with E-state index in [1.807, 2.05) is 106 Å². The van der Waals surface area contributed by atoms with Crippen molar-refractivity contribution in [1.29, 1.82) is 0 Å². The van der Waals surface area contributed by atoms with Gasteiger partial charge in [0.2, 0.25) is 11.8 Å². The number of fused-ring (bicyclic) bond motifs is 3. The Morgan fingerprint density at radius 3 is 2.39 bits per heavy atom. The number of benzene rings is 4. The number of nitrogens with zero attached hydrogens (tertiary/aromatic N) is 7. The molecule has 17 heteroatoms. The standard InChI is InChI=1S/C60H67N9O7S/c1-36(67-29-31-68(32-30-67)39-17-22-45-49(33-39)66(6)65-54(45)46-24-26-53(70)63-57(46)72)35-74-40-18-20-41(21-19-40)75-50-15-10-12-42(37(50)2)43-23-25-52(62-55(43)58(73)76-60(3,4)5)69-28-27-38-11-9-13-44(47(38)34-69)56(71)64-59-61-48-14-7-8-16-51(48)77-59/h7-17,22-23,25,33,36,40-41,46H,18-21,24,26-32,34-35H2,1-6H3,(H,61,64,71)(H,63,70,72)/t36-,40?,41?,46?/m1/s1. The molecule has 400 valence electrons. The van der Waals surface area contributed by atoms with E-state index in [-0.39, 0.29) is 41.7 Å². The van der Waals surface area contributed by atoms with Gasteiger partial charge in [-0.3, -0.25) is 34.6 Å². The van der Waals surface area contributed by atoms with Crippen LogP contribution in [0.4, 0.5) is 16.6 Å². The number of hydrogen-bond acceptors (Lipinski definition) is 14. The van der Waals surface area contributed by atoms with Crippen molar-refractivity contribution in [2.75, 3.05) is 54.4 Å². The zero-order valence-electron chi connectivity index (χ0n) is 44.8. The van der Waals surface area contributed by atoms with Crippen LogP contribution in [-0.4, -0.2) is 112 Å². The fourth-order valence-corrected chi connectivity index (χ4v) is 12.3. The van der Waals surface area contributed by atoms with E-state index in [1.54, 1.807) is 0 Å². The van der Waals surface area contributed by atoms with Crippen LogP contribution in [0.2, 0.25) is 0 Å². The average Bonchev–Trinajstić information content (AvgIpc) is 4.11. The molecule has 2 N–H and O–H groups in total. The lowest BCUT2D eigenvalue weighted by Gasteiger charge is -2.39. The molecule has 1 unspecified atom stereocenters. The molecule has 7 aromatic rings. The number of amides is 3. The zero-order valence-corrected chi connectivity index (χ0v) is 45.6. The first kappa shape index (κ1) is 51.9. The van der Waals surface area contributed by atoms with E-state index in [0.717, 1.165) is 112 Å². The molecule has 2 atom stereocenters. The summed E-state index contributed by atoms with van der Waals surface area (Å²) in [4.78, 5) is 69.1. The lowest BCUT2D eigenvalue weighted by atomic mass is 9.93. The largest absolute Gasteiger partial charge is 0.490 e. The van der Waals surface area contributed by atoms with Crippen molar-refractivity contribution in [1.82, 2.24) is 30.0 Å². The van der Waals surface area contributed by atoms with Gasteiger partial charge in [0.15, 0.2) is 10.8 Å². The Balaban J connectivity index is 0.699. The SMILES string of the molecule is Cc1c(OC2CCC(OC[C@@H](C)N3CCN(c4ccc5c(C6CCC(=O)NC6=O)nn(C)c5c4)CC3)CC2)cccc1-c1ccc(N2CCc3cccc(C(=O)Nc4nc5ccccc5s4)c3C2)nc1C(=O)OC(C)(C)C. The summed E-state index contributed by atoms with van der Waals surface area (Å²) in [5.41, 5.74) is 8.23. The first-order valence-electron chi connectivity index (χ1n) is 27.1. The normalized spacial score (nSPS) is 19.7. The summed E-state index contributed by atoms with van der Waals surface area (Å²) in [6.07, 6.45) is 5.29. The van der Waals surface area contributed by atoms with Crippen molar-refractivity contribution < 1.29 is 33.4 Å². The van der Waals surface area contributed by atoms with Crippen LogP contribution in [0, 0.1) is 6.92 Å². The van der Waals surface area contributed by atoms with Gasteiger partial charge in [-0.05, 0) is 150 Å². The second-order valence-corrected chi connectivity index (χ2v) is 23.0. The van der Waals surface area contributed by atoms with E-state index in [4.69, 9.17) is 24.3 Å². The fourth-order valence-electron chi connectivity index (χ4n) is 11.4. The van der Waals surface area contributed by atoms with Crippen LogP contribution < -0.4 is 25.2 Å². The van der Waals surface area contributed by atoms with Gasteiger partial charge in [-0.25, -0.2) is 14.8 Å². The summed E-state index contributed by atoms with van der Waals surface area (Å²) in [5, 5.41) is 11.7. The third-order valence-electron chi connectivity index (χ3n) is 15.6. The molecule has 6 heterocycles. The summed E-state index contributed by atoms with van der Waals surface area (Å²) in [6.45, 7) is 15.3. The summed E-state index contributed by atoms with van der Waals surface area (Å²) in [5.74, 6) is -0.228. The van der Waals surface area contributed by atoms with Crippen molar-refractivity contribution in [2.45, 2.75) is 116 Å². The van der Waals surface area contributed by atoms with Crippen molar-refractivity contribution in [2.24, 2.45) is 7.05 Å². The highest BCUT2D eigenvalue weighted by Gasteiger charge is 2.33. The first-order chi connectivity index (χ1) is 37.1. The van der Waals surface area contributed by atoms with Crippen LogP contribution in [0.25, 0.3) is 32.2 Å². The molecule has 77 heavy (non-hydrogen) atoms. The zero-order chi connectivity index (χ0) is 53.5. The number of carbonyl (C=O) groups excluding carboxylic acids is 4. The van der Waals surface area contributed by atoms with Crippen LogP contribution in [0.3, 0.4) is 0 Å². The number of piperazine rings is 1. The highest BCUT2D eigenvalue weighted by Crippen LogP contribution is 2.38. The van der Waals surface area contributed by atoms with Gasteiger partial charge >= 0.3 is 5.97 Å². The Morgan fingerprint density at radius 1 is 0.831 bits per heavy atom. The number of rotatable bonds is 13. The van der Waals surface area contributed by atoms with E-state index >= 15 is 0 Å². The predicted molar refractivity (Wildman–Crippen MR) is 300 cm³/mol. The molecule has 0 bridgehead atoms. The lowest BCUT2D eigenvalue weighted by Crippen LogP contribution is -2.51. The molecule has 3 aliphatic heterocycles. The van der Waals surface area contributed by atoms with E-state index in [9.17, 15) is 19.2 Å². The summed E-state index contributed by atoms with van der Waals surface area (Å²) in [6, 6.07) is 30.2. The maximum absolute atomic E-state index is 14.1. The molecule has 4 aromatic carbocycles. The van der Waals surface area contributed by atoms with Gasteiger partial charge in [0.05, 0.1) is 46.2 Å². The molecule has 1 aliphatic carbocycles. The average molecular weight is 1060 g/mol. The van der Waals surface area contributed by atoms with Crippen molar-refractivity contribution >= 4 is 72.8 Å². The highest BCUT2D eigenvalue weighted by molar-refractivity contribution is 7.22. The number of anilines is 3. The van der Waals surface area contributed by atoms with Crippen LogP contribution in [-0.2, 0) is 39.1 Å². The van der Waals surface area contributed by atoms with Gasteiger partial charge in [0.1, 0.15) is 17.2 Å². The maximum Gasteiger partial charge on any atom is 0.358 e. The molecule has 1 saturated carbocycles. The smallest absolute Gasteiger partial charge is 0.358 e. The molecular weight excluding hydrogens is 991 g/mol. The maximum atomic E-state index is 14.1. The molecule has 3 aromatic heterocycles. The molecule has 16 nitrogen and oxygen atoms in total. The monoisotopic (exact) mass is 1060 g/mol. The Bertz CT molecular complexity index is 3350. The minimum atomic E-state index is -0.744. The van der Waals surface area contributed by atoms with E-state index in [0.29, 0.717) is 61.0 Å². The minimum absolute atomic E-state index is 0.0323. The second-order valence-electron chi connectivity index (χ2n) is 22.0. The minimum Gasteiger partial charge on any atom is -0.490 e. The quantitative estimate of drug-likeness (QED) is 0.0826. The Hall–Kier alpha value is -7.21. The van der Waals surface area contributed by atoms with E-state index in [2.05, 4.69) is 61.5 Å². The first-order valence-corrected chi connectivity index (χ1v) is 27.9. The van der Waals surface area contributed by atoms with Gasteiger partial charge < -0.3 is 24.0 Å². The number of imide groups is 1. The number of thiazole rings is 1.